The fourth-order valence-electron chi connectivity index (χ4n) is 2.05. The van der Waals surface area contributed by atoms with Crippen molar-refractivity contribution in [3.05, 3.63) is 51.5 Å². The number of thiophene rings is 1. The summed E-state index contributed by atoms with van der Waals surface area (Å²) in [5, 5.41) is 12.6. The number of hydrogen-bond donors (Lipinski definition) is 1. The van der Waals surface area contributed by atoms with E-state index in [0.717, 1.165) is 10.4 Å². The molecule has 1 aromatic heterocycles. The van der Waals surface area contributed by atoms with Gasteiger partial charge in [0, 0.05) is 10.4 Å². The molecule has 0 amide bonds. The maximum atomic E-state index is 13.4. The molecule has 0 bridgehead atoms. The van der Waals surface area contributed by atoms with Crippen molar-refractivity contribution in [1.29, 1.82) is 0 Å². The Balaban J connectivity index is 2.60. The van der Waals surface area contributed by atoms with Crippen LogP contribution < -0.4 is 4.74 Å². The average Bonchev–Trinajstić information content (AvgIpc) is 2.76. The fourth-order valence-corrected chi connectivity index (χ4v) is 3.06. The number of aliphatic hydroxyl groups is 1. The van der Waals surface area contributed by atoms with Crippen LogP contribution in [0.25, 0.3) is 0 Å². The van der Waals surface area contributed by atoms with Crippen LogP contribution in [0.1, 0.15) is 22.9 Å². The summed E-state index contributed by atoms with van der Waals surface area (Å²) >= 11 is 1.45. The summed E-state index contributed by atoms with van der Waals surface area (Å²) in [6.07, 6.45) is 0. The lowest BCUT2D eigenvalue weighted by Gasteiger charge is -2.25. The zero-order valence-electron chi connectivity index (χ0n) is 10.5. The van der Waals surface area contributed by atoms with Crippen LogP contribution in [0.3, 0.4) is 0 Å². The molecule has 0 spiro atoms. The minimum Gasteiger partial charge on any atom is -0.496 e. The minimum atomic E-state index is -1.26. The van der Waals surface area contributed by atoms with Crippen LogP contribution in [0.5, 0.6) is 5.75 Å². The van der Waals surface area contributed by atoms with Gasteiger partial charge in [-0.25, -0.2) is 4.39 Å². The number of rotatable bonds is 3. The van der Waals surface area contributed by atoms with Gasteiger partial charge in [-0.3, -0.25) is 0 Å². The van der Waals surface area contributed by atoms with Crippen molar-refractivity contribution in [2.75, 3.05) is 7.11 Å². The molecule has 1 atom stereocenters. The molecule has 96 valence electrons. The van der Waals surface area contributed by atoms with Crippen LogP contribution in [0.15, 0.2) is 29.6 Å². The molecule has 0 saturated heterocycles. The monoisotopic (exact) mass is 266 g/mol. The number of aryl methyl sites for hydroxylation is 1. The van der Waals surface area contributed by atoms with E-state index in [2.05, 4.69) is 0 Å². The first kappa shape index (κ1) is 13.1. The van der Waals surface area contributed by atoms with Crippen LogP contribution in [-0.4, -0.2) is 12.2 Å². The number of benzene rings is 1. The van der Waals surface area contributed by atoms with Crippen molar-refractivity contribution in [2.24, 2.45) is 0 Å². The van der Waals surface area contributed by atoms with Crippen LogP contribution in [-0.2, 0) is 5.60 Å². The van der Waals surface area contributed by atoms with Crippen molar-refractivity contribution in [1.82, 2.24) is 0 Å². The van der Waals surface area contributed by atoms with Gasteiger partial charge in [-0.1, -0.05) is 0 Å². The van der Waals surface area contributed by atoms with Gasteiger partial charge in [-0.15, -0.1) is 11.3 Å². The Bertz CT molecular complexity index is 561. The third kappa shape index (κ3) is 2.13. The van der Waals surface area contributed by atoms with E-state index in [-0.39, 0.29) is 5.82 Å². The van der Waals surface area contributed by atoms with Gasteiger partial charge < -0.3 is 9.84 Å². The standard InChI is InChI=1S/C14H15FO2S/c1-9-6-7-18-13(9)14(2,16)11-8-10(15)4-5-12(11)17-3/h4-8,16H,1-3H3. The zero-order valence-corrected chi connectivity index (χ0v) is 11.3. The Labute approximate surface area is 110 Å². The molecule has 2 nitrogen and oxygen atoms in total. The van der Waals surface area contributed by atoms with Crippen molar-refractivity contribution in [3.8, 4) is 5.75 Å². The molecule has 0 saturated carbocycles. The highest BCUT2D eigenvalue weighted by Crippen LogP contribution is 2.39. The summed E-state index contributed by atoms with van der Waals surface area (Å²) in [7, 11) is 1.51. The maximum absolute atomic E-state index is 13.4. The van der Waals surface area contributed by atoms with Crippen LogP contribution in [0, 0.1) is 12.7 Å². The smallest absolute Gasteiger partial charge is 0.125 e. The first-order chi connectivity index (χ1) is 8.46. The first-order valence-corrected chi connectivity index (χ1v) is 6.45. The van der Waals surface area contributed by atoms with Gasteiger partial charge in [-0.05, 0) is 49.1 Å². The second-order valence-corrected chi connectivity index (χ2v) is 5.27. The lowest BCUT2D eigenvalue weighted by Crippen LogP contribution is -2.23. The highest BCUT2D eigenvalue weighted by Gasteiger charge is 2.32. The van der Waals surface area contributed by atoms with Gasteiger partial charge in [0.2, 0.25) is 0 Å². The Kier molecular flexibility index (Phi) is 3.41. The van der Waals surface area contributed by atoms with Crippen molar-refractivity contribution in [2.45, 2.75) is 19.4 Å². The van der Waals surface area contributed by atoms with Gasteiger partial charge in [0.05, 0.1) is 7.11 Å². The lowest BCUT2D eigenvalue weighted by atomic mass is 9.91. The Hall–Kier alpha value is -1.39. The predicted octanol–water partition coefficient (Wildman–Crippen LogP) is 3.46. The predicted molar refractivity (Wildman–Crippen MR) is 70.7 cm³/mol. The van der Waals surface area contributed by atoms with Gasteiger partial charge in [0.1, 0.15) is 17.2 Å². The number of hydrogen-bond acceptors (Lipinski definition) is 3. The molecule has 2 rings (SSSR count). The van der Waals surface area contributed by atoms with Crippen LogP contribution in [0.2, 0.25) is 0 Å². The van der Waals surface area contributed by atoms with E-state index in [1.54, 1.807) is 6.92 Å². The van der Waals surface area contributed by atoms with E-state index in [1.807, 2.05) is 18.4 Å². The highest BCUT2D eigenvalue weighted by atomic mass is 32.1. The van der Waals surface area contributed by atoms with Crippen molar-refractivity contribution in [3.63, 3.8) is 0 Å². The van der Waals surface area contributed by atoms with Crippen LogP contribution >= 0.6 is 11.3 Å². The molecule has 18 heavy (non-hydrogen) atoms. The summed E-state index contributed by atoms with van der Waals surface area (Å²) in [6, 6.07) is 6.10. The summed E-state index contributed by atoms with van der Waals surface area (Å²) in [5.74, 6) is 0.0921. The van der Waals surface area contributed by atoms with Gasteiger partial charge >= 0.3 is 0 Å². The molecule has 1 N–H and O–H groups in total. The number of methoxy groups -OCH3 is 1. The number of ether oxygens (including phenoxy) is 1. The molecule has 2 aromatic rings. The molecule has 0 radical (unpaired) electrons. The van der Waals surface area contributed by atoms with Gasteiger partial charge in [0.15, 0.2) is 0 Å². The van der Waals surface area contributed by atoms with E-state index in [1.165, 1.54) is 36.6 Å². The fraction of sp³-hybridized carbons (Fsp3) is 0.286. The third-order valence-corrected chi connectivity index (χ3v) is 4.22. The van der Waals surface area contributed by atoms with Crippen LogP contribution in [0.4, 0.5) is 4.39 Å². The molecule has 0 aliphatic heterocycles. The molecule has 0 aliphatic carbocycles. The number of halogens is 1. The second-order valence-electron chi connectivity index (χ2n) is 4.35. The summed E-state index contributed by atoms with van der Waals surface area (Å²) in [5.41, 5.74) is 0.165. The third-order valence-electron chi connectivity index (χ3n) is 2.99. The molecule has 1 heterocycles. The van der Waals surface area contributed by atoms with E-state index in [9.17, 15) is 9.50 Å². The average molecular weight is 266 g/mol. The zero-order chi connectivity index (χ0) is 13.3. The molecular weight excluding hydrogens is 251 g/mol. The van der Waals surface area contributed by atoms with E-state index < -0.39 is 5.60 Å². The summed E-state index contributed by atoms with van der Waals surface area (Å²) in [6.45, 7) is 3.58. The molecule has 1 unspecified atom stereocenters. The van der Waals surface area contributed by atoms with E-state index >= 15 is 0 Å². The minimum absolute atomic E-state index is 0.389. The van der Waals surface area contributed by atoms with Gasteiger partial charge in [-0.2, -0.15) is 0 Å². The second kappa shape index (κ2) is 4.71. The topological polar surface area (TPSA) is 29.5 Å². The molecule has 0 aliphatic rings. The summed E-state index contributed by atoms with van der Waals surface area (Å²) in [4.78, 5) is 0.798. The normalized spacial score (nSPS) is 14.3. The maximum Gasteiger partial charge on any atom is 0.125 e. The molecule has 1 aromatic carbocycles. The largest absolute Gasteiger partial charge is 0.496 e. The first-order valence-electron chi connectivity index (χ1n) is 5.57. The lowest BCUT2D eigenvalue weighted by molar-refractivity contribution is 0.102. The Morgan fingerprint density at radius 2 is 2.06 bits per heavy atom. The highest BCUT2D eigenvalue weighted by molar-refractivity contribution is 7.10. The molecular formula is C14H15FO2S. The Morgan fingerprint density at radius 1 is 1.33 bits per heavy atom. The molecule has 0 fully saturated rings. The van der Waals surface area contributed by atoms with E-state index in [4.69, 9.17) is 4.74 Å². The summed E-state index contributed by atoms with van der Waals surface area (Å²) < 4.78 is 18.6. The SMILES string of the molecule is COc1ccc(F)cc1C(C)(O)c1sccc1C. The molecule has 4 heteroatoms. The van der Waals surface area contributed by atoms with Crippen molar-refractivity contribution >= 4 is 11.3 Å². The Morgan fingerprint density at radius 3 is 2.61 bits per heavy atom. The van der Waals surface area contributed by atoms with E-state index in [0.29, 0.717) is 11.3 Å². The van der Waals surface area contributed by atoms with Crippen molar-refractivity contribution < 1.29 is 14.2 Å². The van der Waals surface area contributed by atoms with Gasteiger partial charge in [0.25, 0.3) is 0 Å². The quantitative estimate of drug-likeness (QED) is 0.922.